The first-order valence-corrected chi connectivity index (χ1v) is 9.09. The predicted octanol–water partition coefficient (Wildman–Crippen LogP) is 4.72. The summed E-state index contributed by atoms with van der Waals surface area (Å²) >= 11 is 0. The van der Waals surface area contributed by atoms with E-state index in [1.54, 1.807) is 38.3 Å². The lowest BCUT2D eigenvalue weighted by atomic mass is 10.0. The summed E-state index contributed by atoms with van der Waals surface area (Å²) in [5.41, 5.74) is 3.53. The molecule has 0 aliphatic rings. The molecule has 0 radical (unpaired) electrons. The molecule has 4 heteroatoms. The minimum atomic E-state index is -0.843. The van der Waals surface area contributed by atoms with Crippen LogP contribution < -0.4 is 4.74 Å². The van der Waals surface area contributed by atoms with Crippen LogP contribution in [0.15, 0.2) is 78.9 Å². The van der Waals surface area contributed by atoms with E-state index in [1.807, 2.05) is 54.6 Å². The highest BCUT2D eigenvalue weighted by molar-refractivity contribution is 6.00. The first-order valence-electron chi connectivity index (χ1n) is 9.09. The summed E-state index contributed by atoms with van der Waals surface area (Å²) in [6.07, 6.45) is -0.723. The Hall–Kier alpha value is -3.40. The van der Waals surface area contributed by atoms with Crippen LogP contribution >= 0.6 is 0 Å². The molecule has 4 nitrogen and oxygen atoms in total. The highest BCUT2D eigenvalue weighted by Crippen LogP contribution is 2.20. The van der Waals surface area contributed by atoms with Gasteiger partial charge in [0.05, 0.1) is 13.5 Å². The van der Waals surface area contributed by atoms with Gasteiger partial charge in [-0.2, -0.15) is 0 Å². The van der Waals surface area contributed by atoms with Crippen molar-refractivity contribution >= 4 is 11.8 Å². The van der Waals surface area contributed by atoms with Gasteiger partial charge in [-0.1, -0.05) is 54.6 Å². The summed E-state index contributed by atoms with van der Waals surface area (Å²) in [7, 11) is 1.56. The zero-order valence-electron chi connectivity index (χ0n) is 15.9. The van der Waals surface area contributed by atoms with Gasteiger partial charge in [-0.15, -0.1) is 0 Å². The summed E-state index contributed by atoms with van der Waals surface area (Å²) in [5.74, 6) is -0.00241. The van der Waals surface area contributed by atoms with Crippen LogP contribution in [0.5, 0.6) is 5.75 Å². The Balaban J connectivity index is 1.57. The Morgan fingerprint density at radius 3 is 2.04 bits per heavy atom. The van der Waals surface area contributed by atoms with Crippen LogP contribution in [0, 0.1) is 0 Å². The summed E-state index contributed by atoms with van der Waals surface area (Å²) in [6.45, 7) is 1.59. The van der Waals surface area contributed by atoms with Crippen molar-refractivity contribution in [1.29, 1.82) is 0 Å². The molecule has 3 aromatic carbocycles. The van der Waals surface area contributed by atoms with Crippen molar-refractivity contribution in [3.8, 4) is 16.9 Å². The number of esters is 1. The van der Waals surface area contributed by atoms with E-state index in [9.17, 15) is 9.59 Å². The van der Waals surface area contributed by atoms with Crippen molar-refractivity contribution in [1.82, 2.24) is 0 Å². The zero-order chi connectivity index (χ0) is 19.9. The molecule has 28 heavy (non-hydrogen) atoms. The van der Waals surface area contributed by atoms with E-state index in [4.69, 9.17) is 9.47 Å². The smallest absolute Gasteiger partial charge is 0.310 e. The fourth-order valence-corrected chi connectivity index (χ4v) is 2.89. The fraction of sp³-hybridized carbons (Fsp3) is 0.167. The van der Waals surface area contributed by atoms with Gasteiger partial charge in [0, 0.05) is 5.56 Å². The van der Waals surface area contributed by atoms with Crippen LogP contribution in [0.1, 0.15) is 22.8 Å². The van der Waals surface area contributed by atoms with E-state index >= 15 is 0 Å². The third-order valence-electron chi connectivity index (χ3n) is 4.46. The molecule has 0 saturated heterocycles. The van der Waals surface area contributed by atoms with Crippen LogP contribution in [0.3, 0.4) is 0 Å². The van der Waals surface area contributed by atoms with E-state index in [0.717, 1.165) is 16.7 Å². The molecule has 0 spiro atoms. The van der Waals surface area contributed by atoms with Gasteiger partial charge >= 0.3 is 5.97 Å². The quantitative estimate of drug-likeness (QED) is 0.444. The Morgan fingerprint density at radius 1 is 0.821 bits per heavy atom. The summed E-state index contributed by atoms with van der Waals surface area (Å²) in [5, 5.41) is 0. The number of carbonyl (C=O) groups is 2. The number of ketones is 1. The van der Waals surface area contributed by atoms with Gasteiger partial charge in [0.2, 0.25) is 5.78 Å². The Kier molecular flexibility index (Phi) is 6.22. The van der Waals surface area contributed by atoms with Gasteiger partial charge in [-0.25, -0.2) is 0 Å². The van der Waals surface area contributed by atoms with Gasteiger partial charge in [-0.3, -0.25) is 9.59 Å². The van der Waals surface area contributed by atoms with E-state index in [0.29, 0.717) is 11.3 Å². The van der Waals surface area contributed by atoms with E-state index < -0.39 is 12.1 Å². The lowest BCUT2D eigenvalue weighted by Crippen LogP contribution is -2.25. The summed E-state index contributed by atoms with van der Waals surface area (Å²) in [4.78, 5) is 24.6. The molecule has 0 aromatic heterocycles. The normalized spacial score (nSPS) is 11.5. The van der Waals surface area contributed by atoms with Crippen molar-refractivity contribution in [2.45, 2.75) is 19.4 Å². The SMILES string of the molecule is COc1ccc(C(=O)[C@H](C)OC(=O)Cc2ccc(-c3ccccc3)cc2)cc1. The molecule has 3 rings (SSSR count). The van der Waals surface area contributed by atoms with Crippen molar-refractivity contribution in [2.24, 2.45) is 0 Å². The average molecular weight is 374 g/mol. The number of benzene rings is 3. The Labute approximate surface area is 164 Å². The second-order valence-electron chi connectivity index (χ2n) is 6.46. The van der Waals surface area contributed by atoms with Crippen molar-refractivity contribution < 1.29 is 19.1 Å². The van der Waals surface area contributed by atoms with Crippen molar-refractivity contribution in [3.63, 3.8) is 0 Å². The largest absolute Gasteiger partial charge is 0.497 e. The molecule has 0 unspecified atom stereocenters. The van der Waals surface area contributed by atoms with E-state index in [-0.39, 0.29) is 12.2 Å². The molecule has 0 bridgehead atoms. The first kappa shape index (κ1) is 19.4. The predicted molar refractivity (Wildman–Crippen MR) is 108 cm³/mol. The molecule has 0 heterocycles. The zero-order valence-corrected chi connectivity index (χ0v) is 15.9. The standard InChI is InChI=1S/C24H22O4/c1-17(24(26)21-12-14-22(27-2)15-13-21)28-23(25)16-18-8-10-20(11-9-18)19-6-4-3-5-7-19/h3-15,17H,16H2,1-2H3/t17-/m0/s1. The maximum absolute atomic E-state index is 12.4. The molecule has 142 valence electrons. The third-order valence-corrected chi connectivity index (χ3v) is 4.46. The topological polar surface area (TPSA) is 52.6 Å². The number of ether oxygens (including phenoxy) is 2. The second-order valence-corrected chi connectivity index (χ2v) is 6.46. The number of rotatable bonds is 7. The number of methoxy groups -OCH3 is 1. The molecular formula is C24H22O4. The van der Waals surface area contributed by atoms with Gasteiger partial charge < -0.3 is 9.47 Å². The molecule has 3 aromatic rings. The monoisotopic (exact) mass is 374 g/mol. The van der Waals surface area contributed by atoms with Gasteiger partial charge in [0.25, 0.3) is 0 Å². The van der Waals surface area contributed by atoms with Gasteiger partial charge in [0.1, 0.15) is 5.75 Å². The Bertz CT molecular complexity index is 929. The van der Waals surface area contributed by atoms with Crippen LogP contribution in [-0.4, -0.2) is 25.0 Å². The number of hydrogen-bond acceptors (Lipinski definition) is 4. The fourth-order valence-electron chi connectivity index (χ4n) is 2.89. The second kappa shape index (κ2) is 9.00. The lowest BCUT2D eigenvalue weighted by Gasteiger charge is -2.13. The maximum Gasteiger partial charge on any atom is 0.310 e. The van der Waals surface area contributed by atoms with Crippen LogP contribution in [0.25, 0.3) is 11.1 Å². The molecule has 0 fully saturated rings. The molecule has 0 amide bonds. The molecule has 0 aliphatic carbocycles. The Morgan fingerprint density at radius 2 is 1.43 bits per heavy atom. The van der Waals surface area contributed by atoms with Gasteiger partial charge in [0.15, 0.2) is 6.10 Å². The van der Waals surface area contributed by atoms with E-state index in [1.165, 1.54) is 0 Å². The molecular weight excluding hydrogens is 352 g/mol. The minimum Gasteiger partial charge on any atom is -0.497 e. The first-order chi connectivity index (χ1) is 13.6. The van der Waals surface area contributed by atoms with E-state index in [2.05, 4.69) is 0 Å². The van der Waals surface area contributed by atoms with Crippen LogP contribution in [0.2, 0.25) is 0 Å². The number of Topliss-reactive ketones (excluding diaryl/α,β-unsaturated/α-hetero) is 1. The molecule has 0 aliphatic heterocycles. The molecule has 1 atom stereocenters. The molecule has 0 N–H and O–H groups in total. The highest BCUT2D eigenvalue weighted by atomic mass is 16.5. The van der Waals surface area contributed by atoms with Crippen molar-refractivity contribution in [2.75, 3.05) is 7.11 Å². The van der Waals surface area contributed by atoms with Gasteiger partial charge in [-0.05, 0) is 47.9 Å². The number of hydrogen-bond donors (Lipinski definition) is 0. The summed E-state index contributed by atoms with van der Waals surface area (Å²) in [6, 6.07) is 24.5. The maximum atomic E-state index is 12.4. The van der Waals surface area contributed by atoms with Crippen LogP contribution in [0.4, 0.5) is 0 Å². The third kappa shape index (κ3) is 4.86. The van der Waals surface area contributed by atoms with Crippen LogP contribution in [-0.2, 0) is 16.0 Å². The molecule has 0 saturated carbocycles. The average Bonchev–Trinajstić information content (AvgIpc) is 2.74. The highest BCUT2D eigenvalue weighted by Gasteiger charge is 2.19. The minimum absolute atomic E-state index is 0.120. The lowest BCUT2D eigenvalue weighted by molar-refractivity contribution is -0.145. The number of carbonyl (C=O) groups excluding carboxylic acids is 2. The summed E-state index contributed by atoms with van der Waals surface area (Å²) < 4.78 is 10.4. The van der Waals surface area contributed by atoms with Crippen molar-refractivity contribution in [3.05, 3.63) is 90.0 Å².